The molecule has 0 bridgehead atoms. The van der Waals surface area contributed by atoms with Gasteiger partial charge in [-0.15, -0.1) is 0 Å². The molecule has 1 rings (SSSR count). The highest BCUT2D eigenvalue weighted by atomic mass is 16.2. The molecule has 1 fully saturated rings. The average Bonchev–Trinajstić information content (AvgIpc) is 2.29. The molecular weight excluding hydrogens is 216 g/mol. The van der Waals surface area contributed by atoms with E-state index < -0.39 is 0 Å². The van der Waals surface area contributed by atoms with Gasteiger partial charge in [-0.25, -0.2) is 0 Å². The minimum Gasteiger partial charge on any atom is -0.343 e. The Morgan fingerprint density at radius 3 is 2.24 bits per heavy atom. The van der Waals surface area contributed by atoms with Crippen LogP contribution < -0.4 is 5.32 Å². The van der Waals surface area contributed by atoms with Gasteiger partial charge < -0.3 is 10.2 Å². The van der Waals surface area contributed by atoms with E-state index in [1.54, 1.807) is 4.90 Å². The Hall–Kier alpha value is -1.06. The van der Waals surface area contributed by atoms with E-state index in [4.69, 9.17) is 0 Å². The Bertz CT molecular complexity index is 302. The first-order valence-electron chi connectivity index (χ1n) is 6.56. The quantitative estimate of drug-likeness (QED) is 0.810. The lowest BCUT2D eigenvalue weighted by Gasteiger charge is -2.43. The van der Waals surface area contributed by atoms with E-state index in [1.165, 1.54) is 0 Å². The second-order valence-electron chi connectivity index (χ2n) is 5.14. The van der Waals surface area contributed by atoms with Gasteiger partial charge in [0.1, 0.15) is 12.1 Å². The molecule has 1 saturated heterocycles. The summed E-state index contributed by atoms with van der Waals surface area (Å²) in [6.45, 7) is 9.94. The zero-order valence-corrected chi connectivity index (χ0v) is 11.5. The monoisotopic (exact) mass is 240 g/mol. The number of hydrogen-bond acceptors (Lipinski definition) is 2. The van der Waals surface area contributed by atoms with Gasteiger partial charge in [0.2, 0.25) is 11.8 Å². The van der Waals surface area contributed by atoms with Crippen molar-refractivity contribution in [1.82, 2.24) is 10.2 Å². The molecule has 98 valence electrons. The third-order valence-corrected chi connectivity index (χ3v) is 3.58. The molecular formula is C13H24N2O2. The molecule has 2 amide bonds. The van der Waals surface area contributed by atoms with Crippen molar-refractivity contribution in [2.24, 2.45) is 5.92 Å². The summed E-state index contributed by atoms with van der Waals surface area (Å²) in [7, 11) is 0. The summed E-state index contributed by atoms with van der Waals surface area (Å²) in [4.78, 5) is 26.2. The maximum absolute atomic E-state index is 12.3. The maximum Gasteiger partial charge on any atom is 0.246 e. The average molecular weight is 240 g/mol. The Morgan fingerprint density at radius 2 is 1.82 bits per heavy atom. The molecule has 4 nitrogen and oxygen atoms in total. The van der Waals surface area contributed by atoms with E-state index >= 15 is 0 Å². The fourth-order valence-corrected chi connectivity index (χ4v) is 2.37. The molecule has 1 N–H and O–H groups in total. The van der Waals surface area contributed by atoms with Gasteiger partial charge >= 0.3 is 0 Å². The number of amides is 2. The van der Waals surface area contributed by atoms with Crippen LogP contribution in [0.25, 0.3) is 0 Å². The summed E-state index contributed by atoms with van der Waals surface area (Å²) >= 11 is 0. The van der Waals surface area contributed by atoms with Gasteiger partial charge in [0, 0.05) is 6.04 Å². The largest absolute Gasteiger partial charge is 0.343 e. The van der Waals surface area contributed by atoms with Gasteiger partial charge in [-0.1, -0.05) is 27.2 Å². The lowest BCUT2D eigenvalue weighted by molar-refractivity contribution is -0.153. The van der Waals surface area contributed by atoms with Gasteiger partial charge in [-0.05, 0) is 26.2 Å². The molecule has 0 aromatic heterocycles. The molecule has 3 unspecified atom stereocenters. The molecule has 0 aliphatic carbocycles. The fraction of sp³-hybridized carbons (Fsp3) is 0.846. The summed E-state index contributed by atoms with van der Waals surface area (Å²) in [5.74, 6) is 0.256. The zero-order chi connectivity index (χ0) is 13.2. The van der Waals surface area contributed by atoms with Crippen molar-refractivity contribution in [3.63, 3.8) is 0 Å². The normalized spacial score (nSPS) is 27.3. The number of carbonyl (C=O) groups is 2. The van der Waals surface area contributed by atoms with E-state index in [1.807, 2.05) is 34.6 Å². The van der Waals surface area contributed by atoms with Gasteiger partial charge in [0.05, 0.1) is 0 Å². The third kappa shape index (κ3) is 2.61. The van der Waals surface area contributed by atoms with Crippen molar-refractivity contribution < 1.29 is 9.59 Å². The van der Waals surface area contributed by atoms with Crippen LogP contribution in [0.5, 0.6) is 0 Å². The van der Waals surface area contributed by atoms with Crippen LogP contribution in [-0.4, -0.2) is 34.8 Å². The van der Waals surface area contributed by atoms with Crippen LogP contribution in [0.15, 0.2) is 0 Å². The molecule has 0 aromatic carbocycles. The number of carbonyl (C=O) groups excluding carboxylic acids is 2. The number of piperazine rings is 1. The topological polar surface area (TPSA) is 49.4 Å². The Kier molecular flexibility index (Phi) is 4.54. The number of nitrogens with one attached hydrogen (secondary N) is 1. The van der Waals surface area contributed by atoms with Gasteiger partial charge in [-0.3, -0.25) is 9.59 Å². The van der Waals surface area contributed by atoms with Crippen LogP contribution >= 0.6 is 0 Å². The first-order valence-corrected chi connectivity index (χ1v) is 6.56. The third-order valence-electron chi connectivity index (χ3n) is 3.58. The second-order valence-corrected chi connectivity index (χ2v) is 5.14. The van der Waals surface area contributed by atoms with E-state index in [0.29, 0.717) is 6.42 Å². The van der Waals surface area contributed by atoms with Crippen LogP contribution in [-0.2, 0) is 9.59 Å². The van der Waals surface area contributed by atoms with Crippen molar-refractivity contribution in [1.29, 1.82) is 0 Å². The minimum absolute atomic E-state index is 0.000463. The first-order chi connectivity index (χ1) is 7.93. The predicted octanol–water partition coefficient (Wildman–Crippen LogP) is 1.55. The summed E-state index contributed by atoms with van der Waals surface area (Å²) in [6.07, 6.45) is 1.55. The molecule has 0 saturated carbocycles. The van der Waals surface area contributed by atoms with Crippen LogP contribution in [0.1, 0.15) is 47.5 Å². The standard InChI is InChI=1S/C13H24N2O2/c1-6-9(5)11-12(16)14-10(7-2)13(17)15(11)8(3)4/h8-11H,6-7H2,1-5H3,(H,14,16). The van der Waals surface area contributed by atoms with E-state index in [0.717, 1.165) is 6.42 Å². The van der Waals surface area contributed by atoms with E-state index in [9.17, 15) is 9.59 Å². The number of hydrogen-bond donors (Lipinski definition) is 1. The highest BCUT2D eigenvalue weighted by Gasteiger charge is 2.42. The lowest BCUT2D eigenvalue weighted by Crippen LogP contribution is -2.66. The molecule has 0 spiro atoms. The van der Waals surface area contributed by atoms with Crippen LogP contribution in [0.4, 0.5) is 0 Å². The van der Waals surface area contributed by atoms with Crippen molar-refractivity contribution in [3.05, 3.63) is 0 Å². The maximum atomic E-state index is 12.3. The van der Waals surface area contributed by atoms with Gasteiger partial charge in [-0.2, -0.15) is 0 Å². The second kappa shape index (κ2) is 5.52. The van der Waals surface area contributed by atoms with Crippen LogP contribution in [0, 0.1) is 5.92 Å². The number of rotatable bonds is 4. The highest BCUT2D eigenvalue weighted by Crippen LogP contribution is 2.23. The van der Waals surface area contributed by atoms with Gasteiger partial charge in [0.25, 0.3) is 0 Å². The fourth-order valence-electron chi connectivity index (χ4n) is 2.37. The molecule has 17 heavy (non-hydrogen) atoms. The summed E-state index contributed by atoms with van der Waals surface area (Å²) in [5, 5.41) is 2.84. The molecule has 1 aliphatic rings. The summed E-state index contributed by atoms with van der Waals surface area (Å²) in [5.41, 5.74) is 0. The molecule has 0 aromatic rings. The van der Waals surface area contributed by atoms with Crippen molar-refractivity contribution >= 4 is 11.8 Å². The molecule has 3 atom stereocenters. The Labute approximate surface area is 104 Å². The molecule has 0 radical (unpaired) electrons. The SMILES string of the molecule is CCC1NC(=O)C(C(C)CC)N(C(C)C)C1=O. The highest BCUT2D eigenvalue weighted by molar-refractivity contribution is 5.97. The van der Waals surface area contributed by atoms with Crippen LogP contribution in [0.2, 0.25) is 0 Å². The molecule has 1 heterocycles. The summed E-state index contributed by atoms with van der Waals surface area (Å²) in [6, 6.07) is -0.581. The summed E-state index contributed by atoms with van der Waals surface area (Å²) < 4.78 is 0. The zero-order valence-electron chi connectivity index (χ0n) is 11.5. The van der Waals surface area contributed by atoms with Crippen molar-refractivity contribution in [2.75, 3.05) is 0 Å². The smallest absolute Gasteiger partial charge is 0.246 e. The lowest BCUT2D eigenvalue weighted by atomic mass is 9.92. The first kappa shape index (κ1) is 14.0. The number of nitrogens with zero attached hydrogens (tertiary/aromatic N) is 1. The van der Waals surface area contributed by atoms with Crippen molar-refractivity contribution in [2.45, 2.75) is 65.6 Å². The van der Waals surface area contributed by atoms with Crippen LogP contribution in [0.3, 0.4) is 0 Å². The van der Waals surface area contributed by atoms with Crippen molar-refractivity contribution in [3.8, 4) is 0 Å². The van der Waals surface area contributed by atoms with Gasteiger partial charge in [0.15, 0.2) is 0 Å². The predicted molar refractivity (Wildman–Crippen MR) is 67.4 cm³/mol. The molecule has 1 aliphatic heterocycles. The van der Waals surface area contributed by atoms with E-state index in [2.05, 4.69) is 5.32 Å². The van der Waals surface area contributed by atoms with E-state index in [-0.39, 0.29) is 35.9 Å². The minimum atomic E-state index is -0.342. The molecule has 4 heteroatoms. The Balaban J connectivity index is 3.02. The Morgan fingerprint density at radius 1 is 1.24 bits per heavy atom.